The van der Waals surface area contributed by atoms with E-state index in [-0.39, 0.29) is 31.8 Å². The van der Waals surface area contributed by atoms with E-state index >= 15 is 0 Å². The maximum Gasteiger partial charge on any atom is 0.410 e. The number of carbonyl (C=O) groups excluding carboxylic acids is 5. The summed E-state index contributed by atoms with van der Waals surface area (Å²) in [6.07, 6.45) is 7.75. The summed E-state index contributed by atoms with van der Waals surface area (Å²) in [6, 6.07) is 3.97. The van der Waals surface area contributed by atoms with Gasteiger partial charge < -0.3 is 30.3 Å². The van der Waals surface area contributed by atoms with Gasteiger partial charge in [0.25, 0.3) is 5.91 Å². The lowest BCUT2D eigenvalue weighted by atomic mass is 10.0. The third-order valence-electron chi connectivity index (χ3n) is 11.7. The molecule has 5 amide bonds. The lowest BCUT2D eigenvalue weighted by molar-refractivity contribution is -0.141. The fourth-order valence-corrected chi connectivity index (χ4v) is 10.5. The molecule has 332 valence electrons. The Hall–Kier alpha value is -4.71. The minimum absolute atomic E-state index is 0.0808. The van der Waals surface area contributed by atoms with Gasteiger partial charge in [-0.1, -0.05) is 50.0 Å². The van der Waals surface area contributed by atoms with Crippen molar-refractivity contribution in [1.82, 2.24) is 30.1 Å². The molecule has 2 saturated carbocycles. The monoisotopic (exact) mass is 881 g/mol. The van der Waals surface area contributed by atoms with Gasteiger partial charge in [0.1, 0.15) is 29.3 Å². The fraction of sp³-hybridized carbons (Fsp3) is 0.628. The molecule has 4 N–H and O–H groups in total. The summed E-state index contributed by atoms with van der Waals surface area (Å²) in [5, 5.41) is 11.1. The number of nitrogens with one attached hydrogen (secondary N) is 4. The maximum absolute atomic E-state index is 14.6. The average Bonchev–Trinajstić information content (AvgIpc) is 3.99. The Balaban J connectivity index is 1.11. The molecule has 3 fully saturated rings. The van der Waals surface area contributed by atoms with E-state index in [4.69, 9.17) is 14.5 Å². The second-order valence-electron chi connectivity index (χ2n) is 18.3. The number of aromatic nitrogens is 1. The van der Waals surface area contributed by atoms with Crippen molar-refractivity contribution >= 4 is 56.4 Å². The van der Waals surface area contributed by atoms with Gasteiger partial charge in [-0.2, -0.15) is 0 Å². The van der Waals surface area contributed by atoms with Gasteiger partial charge in [0.15, 0.2) is 5.13 Å². The Morgan fingerprint density at radius 3 is 2.49 bits per heavy atom. The fourth-order valence-electron chi connectivity index (χ4n) is 8.27. The average molecular weight is 882 g/mol. The summed E-state index contributed by atoms with van der Waals surface area (Å²) < 4.78 is 39.6. The van der Waals surface area contributed by atoms with Crippen LogP contribution in [0.1, 0.15) is 116 Å². The number of allylic oxidation sites excluding steroid dienone is 1. The van der Waals surface area contributed by atoms with Crippen LogP contribution in [0.2, 0.25) is 0 Å². The second-order valence-corrected chi connectivity index (χ2v) is 21.2. The van der Waals surface area contributed by atoms with Crippen molar-refractivity contribution in [3.8, 4) is 11.3 Å². The van der Waals surface area contributed by atoms with Crippen LogP contribution in [-0.2, 0) is 47.0 Å². The van der Waals surface area contributed by atoms with Crippen molar-refractivity contribution in [2.45, 2.75) is 159 Å². The van der Waals surface area contributed by atoms with Gasteiger partial charge in [0, 0.05) is 42.4 Å². The third kappa shape index (κ3) is 10.9. The van der Waals surface area contributed by atoms with Crippen molar-refractivity contribution in [2.75, 3.05) is 11.9 Å². The molecule has 0 bridgehead atoms. The van der Waals surface area contributed by atoms with E-state index in [1.54, 1.807) is 25.7 Å². The predicted molar refractivity (Wildman–Crippen MR) is 230 cm³/mol. The molecule has 0 radical (unpaired) electrons. The zero-order valence-corrected chi connectivity index (χ0v) is 37.3. The molecule has 2 aromatic rings. The molecule has 5 atom stereocenters. The van der Waals surface area contributed by atoms with Gasteiger partial charge in [0.2, 0.25) is 21.8 Å². The molecule has 3 aliphatic heterocycles. The highest BCUT2D eigenvalue weighted by atomic mass is 32.2. The Bertz CT molecular complexity index is 2150. The molecule has 0 spiro atoms. The van der Waals surface area contributed by atoms with Crippen LogP contribution in [0.25, 0.3) is 11.3 Å². The molecule has 5 aliphatic rings. The summed E-state index contributed by atoms with van der Waals surface area (Å²) in [7, 11) is -3.93. The number of benzene rings is 1. The molecule has 61 heavy (non-hydrogen) atoms. The van der Waals surface area contributed by atoms with Crippen molar-refractivity contribution in [3.05, 3.63) is 46.9 Å². The smallest absolute Gasteiger partial charge is 0.410 e. The summed E-state index contributed by atoms with van der Waals surface area (Å²) in [5.74, 6) is -2.51. The normalized spacial score (nSPS) is 26.6. The number of sulfonamides is 1. The van der Waals surface area contributed by atoms with Crippen molar-refractivity contribution < 1.29 is 41.9 Å². The number of carbonyl (C=O) groups is 5. The molecule has 1 aromatic heterocycles. The number of ether oxygens (including phenoxy) is 2. The highest BCUT2D eigenvalue weighted by molar-refractivity contribution is 7.91. The number of alkyl carbamates (subject to hydrolysis) is 1. The maximum atomic E-state index is 14.6. The first kappa shape index (κ1) is 44.3. The Morgan fingerprint density at radius 2 is 1.75 bits per heavy atom. The van der Waals surface area contributed by atoms with E-state index in [0.717, 1.165) is 59.6 Å². The van der Waals surface area contributed by atoms with Crippen LogP contribution in [0.5, 0.6) is 0 Å². The summed E-state index contributed by atoms with van der Waals surface area (Å²) in [4.78, 5) is 77.4. The summed E-state index contributed by atoms with van der Waals surface area (Å²) in [5.41, 5.74) is 1.30. The zero-order chi connectivity index (χ0) is 43.7. The number of fused-ring (bicyclic) bond motifs is 3. The number of amides is 5. The van der Waals surface area contributed by atoms with E-state index in [9.17, 15) is 32.4 Å². The molecule has 7 rings (SSSR count). The van der Waals surface area contributed by atoms with Gasteiger partial charge in [0.05, 0.1) is 17.5 Å². The summed E-state index contributed by atoms with van der Waals surface area (Å²) >= 11 is 1.53. The number of hydrogen-bond donors (Lipinski definition) is 4. The first-order valence-electron chi connectivity index (χ1n) is 21.6. The SMILES string of the molecule is CC(C)Nc1nc(-c2ccc3c(c2)CN(C(=O)O[C@@H]2C[C@H]4C(=O)N[C@]5(C(=O)NS(=O)(=O)C6CC6)C[C@@H]5/C=C\CCCCCCC[C@H](NC(=O)OC(C)(C)C)C(=O)N4C2)C3)cs1. The predicted octanol–water partition coefficient (Wildman–Crippen LogP) is 5.73. The topological polar surface area (TPSA) is 205 Å². The van der Waals surface area contributed by atoms with E-state index in [0.29, 0.717) is 32.4 Å². The Labute approximate surface area is 362 Å². The standard InChI is InChI=1S/C43H59N7O9S2/c1-26(2)44-39-45-34(25-60-39)27-15-16-28-22-49(23-29(28)19-27)41(55)58-31-20-35-36(51)47-43(38(53)48-61(56,57)32-17-18-32)21-30(43)13-11-9-7-6-8-10-12-14-33(37(52)50(35)24-31)46-40(54)59-42(3,4)5/h11,13,15-16,19,25-26,30-33,35H,6-10,12,14,17-18,20-24H2,1-5H3,(H,44,45)(H,46,54)(H,47,51)(H,48,53)/b13-11-/t30-,31+,33-,35-,43+/m0/s1. The van der Waals surface area contributed by atoms with Crippen LogP contribution in [0.3, 0.4) is 0 Å². The molecule has 16 nitrogen and oxygen atoms in total. The van der Waals surface area contributed by atoms with E-state index in [2.05, 4.69) is 34.5 Å². The second kappa shape index (κ2) is 17.9. The van der Waals surface area contributed by atoms with Gasteiger partial charge >= 0.3 is 12.2 Å². The molecular weight excluding hydrogens is 823 g/mol. The largest absolute Gasteiger partial charge is 0.444 e. The lowest BCUT2D eigenvalue weighted by Crippen LogP contribution is -2.58. The van der Waals surface area contributed by atoms with Crippen molar-refractivity contribution in [1.29, 1.82) is 0 Å². The molecular formula is C43H59N7O9S2. The molecule has 1 saturated heterocycles. The first-order chi connectivity index (χ1) is 28.9. The highest BCUT2D eigenvalue weighted by Crippen LogP contribution is 2.46. The molecule has 2 aliphatic carbocycles. The van der Waals surface area contributed by atoms with Gasteiger partial charge in [-0.25, -0.2) is 23.0 Å². The summed E-state index contributed by atoms with van der Waals surface area (Å²) in [6.45, 7) is 9.72. The Kier molecular flexibility index (Phi) is 13.0. The number of anilines is 1. The molecule has 18 heteroatoms. The number of hydrogen-bond acceptors (Lipinski definition) is 12. The minimum atomic E-state index is -3.93. The van der Waals surface area contributed by atoms with Crippen LogP contribution in [0.4, 0.5) is 14.7 Å². The molecule has 4 heterocycles. The number of thiazole rings is 1. The quantitative estimate of drug-likeness (QED) is 0.236. The Morgan fingerprint density at radius 1 is 1.02 bits per heavy atom. The number of rotatable bonds is 8. The van der Waals surface area contributed by atoms with Crippen molar-refractivity contribution in [2.24, 2.45) is 5.92 Å². The van der Waals surface area contributed by atoms with Crippen molar-refractivity contribution in [3.63, 3.8) is 0 Å². The highest BCUT2D eigenvalue weighted by Gasteiger charge is 2.62. The van der Waals surface area contributed by atoms with Gasteiger partial charge in [-0.15, -0.1) is 11.3 Å². The van der Waals surface area contributed by atoms with Crippen LogP contribution in [0.15, 0.2) is 35.7 Å². The zero-order valence-electron chi connectivity index (χ0n) is 35.7. The first-order valence-corrected chi connectivity index (χ1v) is 24.0. The van der Waals surface area contributed by atoms with E-state index in [1.807, 2.05) is 35.7 Å². The van der Waals surface area contributed by atoms with E-state index in [1.165, 1.54) is 16.2 Å². The molecule has 0 unspecified atom stereocenters. The lowest BCUT2D eigenvalue weighted by Gasteiger charge is -2.30. The van der Waals surface area contributed by atoms with Crippen LogP contribution in [0, 0.1) is 5.92 Å². The third-order valence-corrected chi connectivity index (χ3v) is 14.3. The van der Waals surface area contributed by atoms with Crippen LogP contribution < -0.4 is 20.7 Å². The van der Waals surface area contributed by atoms with Gasteiger partial charge in [-0.3, -0.25) is 24.0 Å². The van der Waals surface area contributed by atoms with Gasteiger partial charge in [-0.05, 0) is 90.3 Å². The van der Waals surface area contributed by atoms with Crippen LogP contribution >= 0.6 is 11.3 Å². The van der Waals surface area contributed by atoms with E-state index < -0.39 is 80.4 Å². The molecule has 1 aromatic carbocycles. The minimum Gasteiger partial charge on any atom is -0.444 e. The number of nitrogens with zero attached hydrogens (tertiary/aromatic N) is 3. The van der Waals surface area contributed by atoms with Crippen LogP contribution in [-0.4, -0.2) is 100 Å².